The first-order chi connectivity index (χ1) is 12.5. The molecule has 3 rings (SSSR count). The van der Waals surface area contributed by atoms with E-state index in [1.807, 2.05) is 17.0 Å². The molecule has 0 aliphatic carbocycles. The van der Waals surface area contributed by atoms with E-state index in [9.17, 15) is 9.59 Å². The van der Waals surface area contributed by atoms with Crippen molar-refractivity contribution >= 4 is 29.1 Å². The lowest BCUT2D eigenvalue weighted by Crippen LogP contribution is -2.39. The summed E-state index contributed by atoms with van der Waals surface area (Å²) < 4.78 is 0. The lowest BCUT2D eigenvalue weighted by molar-refractivity contribution is -0.114. The van der Waals surface area contributed by atoms with E-state index in [0.29, 0.717) is 23.1 Å². The Kier molecular flexibility index (Phi) is 5.46. The first-order valence-corrected chi connectivity index (χ1v) is 8.77. The predicted molar refractivity (Wildman–Crippen MR) is 100 cm³/mol. The fourth-order valence-corrected chi connectivity index (χ4v) is 3.07. The van der Waals surface area contributed by atoms with Crippen LogP contribution < -0.4 is 10.6 Å². The number of carbonyl (C=O) groups excluding carboxylic acids is 2. The van der Waals surface area contributed by atoms with Crippen molar-refractivity contribution in [3.63, 3.8) is 0 Å². The van der Waals surface area contributed by atoms with E-state index in [0.717, 1.165) is 25.2 Å². The van der Waals surface area contributed by atoms with Crippen LogP contribution in [0.5, 0.6) is 0 Å². The summed E-state index contributed by atoms with van der Waals surface area (Å²) in [5.41, 5.74) is 1.94. The second kappa shape index (κ2) is 7.95. The normalized spacial score (nSPS) is 16.8. The number of nitrogens with one attached hydrogen (secondary N) is 2. The van der Waals surface area contributed by atoms with Crippen LogP contribution in [0.3, 0.4) is 0 Å². The Morgan fingerprint density at radius 3 is 2.62 bits per heavy atom. The fourth-order valence-electron chi connectivity index (χ4n) is 3.07. The van der Waals surface area contributed by atoms with Gasteiger partial charge in [-0.2, -0.15) is 0 Å². The van der Waals surface area contributed by atoms with Crippen LogP contribution in [-0.4, -0.2) is 39.8 Å². The Hall–Kier alpha value is -2.96. The van der Waals surface area contributed by atoms with Crippen molar-refractivity contribution < 1.29 is 9.59 Å². The average Bonchev–Trinajstić information content (AvgIpc) is 2.61. The van der Waals surface area contributed by atoms with Gasteiger partial charge in [-0.25, -0.2) is 9.97 Å². The van der Waals surface area contributed by atoms with Gasteiger partial charge in [-0.1, -0.05) is 13.0 Å². The molecule has 0 radical (unpaired) electrons. The van der Waals surface area contributed by atoms with Crippen LogP contribution in [0.1, 0.15) is 37.0 Å². The van der Waals surface area contributed by atoms with E-state index in [4.69, 9.17) is 0 Å². The number of hydrogen-bond donors (Lipinski definition) is 2. The van der Waals surface area contributed by atoms with Crippen LogP contribution >= 0.6 is 0 Å². The molecule has 1 atom stereocenters. The standard InChI is InChI=1S/C19H23N5O2/c1-13-5-4-8-24(12-13)18(26)15-10-20-19(21-11-15)23-17-7-3-6-16(9-17)22-14(2)25/h3,6-7,9-11,13H,4-5,8,12H2,1-2H3,(H,22,25)(H,20,21,23). The molecule has 136 valence electrons. The van der Waals surface area contributed by atoms with Gasteiger partial charge in [-0.3, -0.25) is 9.59 Å². The van der Waals surface area contributed by atoms with E-state index in [1.165, 1.54) is 13.3 Å². The zero-order valence-corrected chi connectivity index (χ0v) is 15.0. The van der Waals surface area contributed by atoms with Crippen molar-refractivity contribution in [2.24, 2.45) is 5.92 Å². The fraction of sp³-hybridized carbons (Fsp3) is 0.368. The van der Waals surface area contributed by atoms with Crippen LogP contribution in [0.15, 0.2) is 36.7 Å². The number of nitrogens with zero attached hydrogens (tertiary/aromatic N) is 3. The lowest BCUT2D eigenvalue weighted by atomic mass is 10.00. The smallest absolute Gasteiger partial charge is 0.257 e. The number of carbonyl (C=O) groups is 2. The van der Waals surface area contributed by atoms with E-state index in [2.05, 4.69) is 27.5 Å². The van der Waals surface area contributed by atoms with Crippen LogP contribution in [0, 0.1) is 5.92 Å². The largest absolute Gasteiger partial charge is 0.338 e. The highest BCUT2D eigenvalue weighted by Gasteiger charge is 2.22. The third kappa shape index (κ3) is 4.56. The first-order valence-electron chi connectivity index (χ1n) is 8.77. The minimum atomic E-state index is -0.131. The van der Waals surface area contributed by atoms with Crippen LogP contribution in [-0.2, 0) is 4.79 Å². The molecule has 1 aromatic heterocycles. The first kappa shape index (κ1) is 17.8. The van der Waals surface area contributed by atoms with E-state index in [1.54, 1.807) is 24.5 Å². The molecule has 1 unspecified atom stereocenters. The Balaban J connectivity index is 1.66. The highest BCUT2D eigenvalue weighted by Crippen LogP contribution is 2.19. The maximum atomic E-state index is 12.5. The molecule has 0 bridgehead atoms. The van der Waals surface area contributed by atoms with Crippen molar-refractivity contribution in [1.82, 2.24) is 14.9 Å². The molecule has 2 aromatic rings. The van der Waals surface area contributed by atoms with Crippen molar-refractivity contribution in [3.8, 4) is 0 Å². The van der Waals surface area contributed by atoms with E-state index >= 15 is 0 Å². The quantitative estimate of drug-likeness (QED) is 0.882. The molecule has 1 aromatic carbocycles. The van der Waals surface area contributed by atoms with Gasteiger partial charge in [-0.05, 0) is 37.0 Å². The number of rotatable bonds is 4. The van der Waals surface area contributed by atoms with Gasteiger partial charge in [0.25, 0.3) is 5.91 Å². The summed E-state index contributed by atoms with van der Waals surface area (Å²) in [6.45, 7) is 5.20. The summed E-state index contributed by atoms with van der Waals surface area (Å²) in [4.78, 5) is 34.0. The van der Waals surface area contributed by atoms with Gasteiger partial charge in [0.2, 0.25) is 11.9 Å². The highest BCUT2D eigenvalue weighted by molar-refractivity contribution is 5.93. The summed E-state index contributed by atoms with van der Waals surface area (Å²) in [5.74, 6) is 0.781. The summed E-state index contributed by atoms with van der Waals surface area (Å²) in [5, 5.41) is 5.80. The predicted octanol–water partition coefficient (Wildman–Crippen LogP) is 3.05. The Bertz CT molecular complexity index is 791. The van der Waals surface area contributed by atoms with Gasteiger partial charge in [0.05, 0.1) is 5.56 Å². The summed E-state index contributed by atoms with van der Waals surface area (Å²) >= 11 is 0. The lowest BCUT2D eigenvalue weighted by Gasteiger charge is -2.30. The van der Waals surface area contributed by atoms with Gasteiger partial charge in [0, 0.05) is 43.8 Å². The molecule has 0 saturated carbocycles. The maximum Gasteiger partial charge on any atom is 0.257 e. The number of anilines is 3. The molecule has 26 heavy (non-hydrogen) atoms. The summed E-state index contributed by atoms with van der Waals surface area (Å²) in [6.07, 6.45) is 5.31. The molecule has 1 aliphatic rings. The summed E-state index contributed by atoms with van der Waals surface area (Å²) in [7, 11) is 0. The molecule has 7 heteroatoms. The molecule has 1 aliphatic heterocycles. The van der Waals surface area contributed by atoms with Gasteiger partial charge in [0.15, 0.2) is 0 Å². The highest BCUT2D eigenvalue weighted by atomic mass is 16.2. The maximum absolute atomic E-state index is 12.5. The van der Waals surface area contributed by atoms with Gasteiger partial charge < -0.3 is 15.5 Å². The molecule has 2 heterocycles. The molecule has 1 saturated heterocycles. The van der Waals surface area contributed by atoms with Crippen molar-refractivity contribution in [2.75, 3.05) is 23.7 Å². The molecule has 1 fully saturated rings. The van der Waals surface area contributed by atoms with Gasteiger partial charge >= 0.3 is 0 Å². The van der Waals surface area contributed by atoms with Crippen molar-refractivity contribution in [2.45, 2.75) is 26.7 Å². The third-order valence-electron chi connectivity index (χ3n) is 4.28. The minimum Gasteiger partial charge on any atom is -0.338 e. The molecule has 0 spiro atoms. The summed E-state index contributed by atoms with van der Waals surface area (Å²) in [6, 6.07) is 7.26. The Morgan fingerprint density at radius 1 is 1.19 bits per heavy atom. The molecular formula is C19H23N5O2. The third-order valence-corrected chi connectivity index (χ3v) is 4.28. The van der Waals surface area contributed by atoms with E-state index < -0.39 is 0 Å². The van der Waals surface area contributed by atoms with Crippen molar-refractivity contribution in [1.29, 1.82) is 0 Å². The van der Waals surface area contributed by atoms with Crippen molar-refractivity contribution in [3.05, 3.63) is 42.2 Å². The zero-order valence-electron chi connectivity index (χ0n) is 15.0. The number of piperidine rings is 1. The Labute approximate surface area is 152 Å². The number of amides is 2. The van der Waals surface area contributed by atoms with Crippen LogP contribution in [0.4, 0.5) is 17.3 Å². The molecule has 2 amide bonds. The number of likely N-dealkylation sites (tertiary alicyclic amines) is 1. The van der Waals surface area contributed by atoms with Gasteiger partial charge in [0.1, 0.15) is 0 Å². The van der Waals surface area contributed by atoms with Crippen LogP contribution in [0.2, 0.25) is 0 Å². The minimum absolute atomic E-state index is 0.0178. The van der Waals surface area contributed by atoms with E-state index in [-0.39, 0.29) is 11.8 Å². The SMILES string of the molecule is CC(=O)Nc1cccc(Nc2ncc(C(=O)N3CCCC(C)C3)cn2)c1. The van der Waals surface area contributed by atoms with Crippen LogP contribution in [0.25, 0.3) is 0 Å². The second-order valence-corrected chi connectivity index (χ2v) is 6.68. The number of hydrogen-bond acceptors (Lipinski definition) is 5. The monoisotopic (exact) mass is 353 g/mol. The molecule has 7 nitrogen and oxygen atoms in total. The van der Waals surface area contributed by atoms with Gasteiger partial charge in [-0.15, -0.1) is 0 Å². The number of aromatic nitrogens is 2. The average molecular weight is 353 g/mol. The zero-order chi connectivity index (χ0) is 18.5. The molecular weight excluding hydrogens is 330 g/mol. The molecule has 2 N–H and O–H groups in total. The Morgan fingerprint density at radius 2 is 1.92 bits per heavy atom. The topological polar surface area (TPSA) is 87.2 Å². The number of benzene rings is 1. The second-order valence-electron chi connectivity index (χ2n) is 6.68.